The van der Waals surface area contributed by atoms with Crippen molar-refractivity contribution in [2.75, 3.05) is 32.8 Å². The number of terminal acetylenes is 1. The lowest BCUT2D eigenvalue weighted by Gasteiger charge is -2.41. The van der Waals surface area contributed by atoms with Crippen molar-refractivity contribution in [1.82, 2.24) is 10.2 Å². The minimum Gasteiger partial charge on any atom is -0.490 e. The fourth-order valence-electron chi connectivity index (χ4n) is 4.16. The Bertz CT molecular complexity index is 974. The normalized spacial score (nSPS) is 17.6. The monoisotopic (exact) mass is 420 g/mol. The molecule has 0 saturated carbocycles. The molecule has 2 aliphatic rings. The molecule has 0 bridgehead atoms. The van der Waals surface area contributed by atoms with E-state index < -0.39 is 0 Å². The fourth-order valence-corrected chi connectivity index (χ4v) is 4.16. The summed E-state index contributed by atoms with van der Waals surface area (Å²) in [6.45, 7) is 5.85. The first-order valence-electron chi connectivity index (χ1n) is 10.7. The molecular weight excluding hydrogens is 392 g/mol. The van der Waals surface area contributed by atoms with Gasteiger partial charge in [0, 0.05) is 32.5 Å². The average Bonchev–Trinajstić information content (AvgIpc) is 2.92. The Hall–Kier alpha value is -3.17. The van der Waals surface area contributed by atoms with Gasteiger partial charge in [-0.15, -0.1) is 6.42 Å². The van der Waals surface area contributed by atoms with Crippen LogP contribution in [0.1, 0.15) is 35.7 Å². The van der Waals surface area contributed by atoms with Crippen LogP contribution >= 0.6 is 0 Å². The van der Waals surface area contributed by atoms with Crippen molar-refractivity contribution in [3.63, 3.8) is 0 Å². The Kier molecular flexibility index (Phi) is 6.34. The Morgan fingerprint density at radius 3 is 2.74 bits per heavy atom. The number of nitrogens with one attached hydrogen (secondary N) is 1. The molecule has 31 heavy (non-hydrogen) atoms. The van der Waals surface area contributed by atoms with Crippen LogP contribution in [0.5, 0.6) is 17.2 Å². The van der Waals surface area contributed by atoms with Crippen molar-refractivity contribution >= 4 is 5.91 Å². The van der Waals surface area contributed by atoms with E-state index >= 15 is 0 Å². The molecule has 6 heteroatoms. The highest BCUT2D eigenvalue weighted by molar-refractivity contribution is 5.97. The number of likely N-dealkylation sites (tertiary alicyclic amines) is 1. The Labute approximate surface area is 183 Å². The highest BCUT2D eigenvalue weighted by Gasteiger charge is 2.39. The number of amides is 1. The molecular formula is C25H28N2O4. The quantitative estimate of drug-likeness (QED) is 0.727. The molecule has 0 radical (unpaired) electrons. The van der Waals surface area contributed by atoms with Gasteiger partial charge in [-0.2, -0.15) is 0 Å². The summed E-state index contributed by atoms with van der Waals surface area (Å²) in [5.41, 5.74) is 1.41. The highest BCUT2D eigenvalue weighted by Crippen LogP contribution is 2.34. The molecule has 0 unspecified atom stereocenters. The van der Waals surface area contributed by atoms with Gasteiger partial charge in [0.1, 0.15) is 18.0 Å². The first-order chi connectivity index (χ1) is 15.1. The second-order valence-electron chi connectivity index (χ2n) is 7.95. The lowest BCUT2D eigenvalue weighted by atomic mass is 9.90. The van der Waals surface area contributed by atoms with E-state index in [0.717, 1.165) is 43.8 Å². The van der Waals surface area contributed by atoms with E-state index in [2.05, 4.69) is 22.2 Å². The topological polar surface area (TPSA) is 60.0 Å². The van der Waals surface area contributed by atoms with Gasteiger partial charge < -0.3 is 19.5 Å². The van der Waals surface area contributed by atoms with Crippen molar-refractivity contribution in [2.24, 2.45) is 0 Å². The molecule has 1 N–H and O–H groups in total. The van der Waals surface area contributed by atoms with Crippen molar-refractivity contribution in [3.8, 4) is 29.6 Å². The van der Waals surface area contributed by atoms with Gasteiger partial charge in [0.15, 0.2) is 11.5 Å². The van der Waals surface area contributed by atoms with Gasteiger partial charge in [0.05, 0.1) is 18.7 Å². The lowest BCUT2D eigenvalue weighted by Crippen LogP contribution is -2.52. The van der Waals surface area contributed by atoms with Crippen LogP contribution in [0.3, 0.4) is 0 Å². The van der Waals surface area contributed by atoms with Crippen molar-refractivity contribution < 1.29 is 19.0 Å². The molecule has 6 nitrogen and oxygen atoms in total. The SMILES string of the molecule is C#CCOc1ccc(CN2CCC3(CC2)CNC(=O)c2ccccc2O3)cc1OCC. The smallest absolute Gasteiger partial charge is 0.255 e. The number of benzene rings is 2. The van der Waals surface area contributed by atoms with Crippen molar-refractivity contribution in [3.05, 3.63) is 53.6 Å². The van der Waals surface area contributed by atoms with E-state index in [4.69, 9.17) is 20.6 Å². The van der Waals surface area contributed by atoms with Crippen LogP contribution in [0.15, 0.2) is 42.5 Å². The van der Waals surface area contributed by atoms with Gasteiger partial charge in [-0.3, -0.25) is 9.69 Å². The first-order valence-corrected chi connectivity index (χ1v) is 10.7. The van der Waals surface area contributed by atoms with Crippen molar-refractivity contribution in [1.29, 1.82) is 0 Å². The van der Waals surface area contributed by atoms with E-state index in [-0.39, 0.29) is 18.1 Å². The number of carbonyl (C=O) groups excluding carboxylic acids is 1. The Balaban J connectivity index is 1.41. The molecule has 1 fully saturated rings. The van der Waals surface area contributed by atoms with E-state index in [1.54, 1.807) is 0 Å². The molecule has 0 aliphatic carbocycles. The number of nitrogens with zero attached hydrogens (tertiary/aromatic N) is 1. The van der Waals surface area contributed by atoms with E-state index in [0.29, 0.717) is 30.2 Å². The molecule has 2 aromatic rings. The molecule has 4 rings (SSSR count). The zero-order valence-corrected chi connectivity index (χ0v) is 17.9. The number of hydrogen-bond donors (Lipinski definition) is 1. The number of hydrogen-bond acceptors (Lipinski definition) is 5. The predicted octanol–water partition coefficient (Wildman–Crippen LogP) is 3.25. The number of piperidine rings is 1. The lowest BCUT2D eigenvalue weighted by molar-refractivity contribution is 0.00393. The summed E-state index contributed by atoms with van der Waals surface area (Å²) in [4.78, 5) is 14.8. The Morgan fingerprint density at radius 2 is 1.97 bits per heavy atom. The summed E-state index contributed by atoms with van der Waals surface area (Å²) in [6, 6.07) is 13.5. The van der Waals surface area contributed by atoms with E-state index in [1.807, 2.05) is 43.3 Å². The molecule has 2 aliphatic heterocycles. The third-order valence-electron chi connectivity index (χ3n) is 5.82. The van der Waals surface area contributed by atoms with Gasteiger partial charge >= 0.3 is 0 Å². The minimum absolute atomic E-state index is 0.0643. The number of carbonyl (C=O) groups is 1. The number of rotatable bonds is 6. The summed E-state index contributed by atoms with van der Waals surface area (Å²) in [7, 11) is 0. The van der Waals surface area contributed by atoms with Crippen LogP contribution in [-0.4, -0.2) is 49.3 Å². The third-order valence-corrected chi connectivity index (χ3v) is 5.82. The van der Waals surface area contributed by atoms with Gasteiger partial charge in [-0.25, -0.2) is 0 Å². The van der Waals surface area contributed by atoms with E-state index in [9.17, 15) is 4.79 Å². The summed E-state index contributed by atoms with van der Waals surface area (Å²) in [5.74, 6) is 4.48. The average molecular weight is 421 g/mol. The van der Waals surface area contributed by atoms with Crippen LogP contribution in [-0.2, 0) is 6.54 Å². The van der Waals surface area contributed by atoms with Crippen LogP contribution in [0.2, 0.25) is 0 Å². The fraction of sp³-hybridized carbons (Fsp3) is 0.400. The number of para-hydroxylation sites is 1. The van der Waals surface area contributed by atoms with Gasteiger partial charge in [-0.05, 0) is 36.8 Å². The zero-order valence-electron chi connectivity index (χ0n) is 17.9. The molecule has 1 spiro atoms. The molecule has 0 aromatic heterocycles. The highest BCUT2D eigenvalue weighted by atomic mass is 16.5. The number of fused-ring (bicyclic) bond motifs is 1. The maximum atomic E-state index is 12.4. The van der Waals surface area contributed by atoms with Crippen LogP contribution in [0.25, 0.3) is 0 Å². The summed E-state index contributed by atoms with van der Waals surface area (Å²) in [6.07, 6.45) is 7.00. The third kappa shape index (κ3) is 4.78. The van der Waals surface area contributed by atoms with Crippen LogP contribution < -0.4 is 19.5 Å². The van der Waals surface area contributed by atoms with Gasteiger partial charge in [0.25, 0.3) is 5.91 Å². The molecule has 2 heterocycles. The second-order valence-corrected chi connectivity index (χ2v) is 7.95. The van der Waals surface area contributed by atoms with Crippen LogP contribution in [0.4, 0.5) is 0 Å². The largest absolute Gasteiger partial charge is 0.490 e. The molecule has 162 valence electrons. The van der Waals surface area contributed by atoms with Gasteiger partial charge in [-0.1, -0.05) is 24.1 Å². The minimum atomic E-state index is -0.359. The molecule has 1 amide bonds. The Morgan fingerprint density at radius 1 is 1.16 bits per heavy atom. The zero-order chi connectivity index (χ0) is 21.7. The molecule has 0 atom stereocenters. The summed E-state index contributed by atoms with van der Waals surface area (Å²) < 4.78 is 17.7. The van der Waals surface area contributed by atoms with Crippen LogP contribution in [0, 0.1) is 12.3 Å². The molecule has 1 saturated heterocycles. The summed E-state index contributed by atoms with van der Waals surface area (Å²) >= 11 is 0. The maximum Gasteiger partial charge on any atom is 0.255 e. The second kappa shape index (κ2) is 9.32. The summed E-state index contributed by atoms with van der Waals surface area (Å²) in [5, 5.41) is 3.04. The van der Waals surface area contributed by atoms with E-state index in [1.165, 1.54) is 0 Å². The maximum absolute atomic E-state index is 12.4. The first kappa shape index (κ1) is 21.1. The predicted molar refractivity (Wildman–Crippen MR) is 119 cm³/mol. The van der Waals surface area contributed by atoms with Gasteiger partial charge in [0.2, 0.25) is 0 Å². The molecule has 2 aromatic carbocycles. The number of ether oxygens (including phenoxy) is 3. The standard InChI is InChI=1S/C25H28N2O4/c1-3-15-30-22-10-9-19(16-23(22)29-4-2)17-27-13-11-25(12-14-27)18-26-24(28)20-7-5-6-8-21(20)31-25/h1,5-10,16H,4,11-15,17-18H2,2H3,(H,26,28). The van der Waals surface area contributed by atoms with Crippen molar-refractivity contribution in [2.45, 2.75) is 31.9 Å².